The summed E-state index contributed by atoms with van der Waals surface area (Å²) in [6.07, 6.45) is 0. The fourth-order valence-electron chi connectivity index (χ4n) is 0.985. The number of hydrogen-bond acceptors (Lipinski definition) is 2. The van der Waals surface area contributed by atoms with Crippen molar-refractivity contribution in [2.75, 3.05) is 0 Å². The van der Waals surface area contributed by atoms with Crippen LogP contribution in [0.5, 0.6) is 0 Å². The van der Waals surface area contributed by atoms with E-state index in [0.29, 0.717) is 0 Å². The lowest BCUT2D eigenvalue weighted by Crippen LogP contribution is -2.13. The maximum atomic E-state index is 11.1. The Morgan fingerprint density at radius 2 is 2.07 bits per heavy atom. The van der Waals surface area contributed by atoms with E-state index in [-0.39, 0.29) is 14.7 Å². The standard InChI is InChI=1S/C8H9BrClNO2S/c1-5(9)6-2-3-7(10)8(4-6)14(11,12)13/h2-5H,1H3,(H2,11,12,13). The predicted octanol–water partition coefficient (Wildman–Crippen LogP) is 2.44. The summed E-state index contributed by atoms with van der Waals surface area (Å²) in [6, 6.07) is 4.74. The van der Waals surface area contributed by atoms with Crippen molar-refractivity contribution in [3.8, 4) is 0 Å². The molecule has 0 heterocycles. The molecule has 1 rings (SSSR count). The molecular formula is C8H9BrClNO2S. The number of primary sulfonamides is 1. The second-order valence-electron chi connectivity index (χ2n) is 2.85. The van der Waals surface area contributed by atoms with Gasteiger partial charge in [0.15, 0.2) is 0 Å². The average Bonchev–Trinajstić information content (AvgIpc) is 2.02. The summed E-state index contributed by atoms with van der Waals surface area (Å²) in [5.41, 5.74) is 0.818. The molecule has 1 aromatic carbocycles. The number of benzene rings is 1. The number of hydrogen-bond donors (Lipinski definition) is 1. The molecule has 1 unspecified atom stereocenters. The van der Waals surface area contributed by atoms with Gasteiger partial charge in [-0.05, 0) is 24.6 Å². The fourth-order valence-corrected chi connectivity index (χ4v) is 2.35. The quantitative estimate of drug-likeness (QED) is 0.853. The van der Waals surface area contributed by atoms with Gasteiger partial charge < -0.3 is 0 Å². The van der Waals surface area contributed by atoms with Gasteiger partial charge in [-0.2, -0.15) is 0 Å². The van der Waals surface area contributed by atoms with Crippen LogP contribution in [0.4, 0.5) is 0 Å². The molecule has 78 valence electrons. The van der Waals surface area contributed by atoms with Crippen molar-refractivity contribution in [1.29, 1.82) is 0 Å². The molecule has 0 amide bonds. The van der Waals surface area contributed by atoms with Crippen molar-refractivity contribution < 1.29 is 8.42 Å². The highest BCUT2D eigenvalue weighted by Gasteiger charge is 2.14. The Balaban J connectivity index is 3.37. The van der Waals surface area contributed by atoms with E-state index in [9.17, 15) is 8.42 Å². The van der Waals surface area contributed by atoms with Crippen LogP contribution >= 0.6 is 27.5 Å². The van der Waals surface area contributed by atoms with E-state index in [1.165, 1.54) is 12.1 Å². The first kappa shape index (κ1) is 12.0. The molecule has 0 spiro atoms. The van der Waals surface area contributed by atoms with E-state index in [0.717, 1.165) is 5.56 Å². The molecule has 0 radical (unpaired) electrons. The van der Waals surface area contributed by atoms with Crippen LogP contribution in [0.15, 0.2) is 23.1 Å². The number of alkyl halides is 1. The van der Waals surface area contributed by atoms with E-state index >= 15 is 0 Å². The minimum absolute atomic E-state index is 0.0389. The Kier molecular flexibility index (Phi) is 3.58. The summed E-state index contributed by atoms with van der Waals surface area (Å²) in [7, 11) is -3.74. The van der Waals surface area contributed by atoms with E-state index in [1.807, 2.05) is 6.92 Å². The van der Waals surface area contributed by atoms with Gasteiger partial charge in [0.1, 0.15) is 4.90 Å². The van der Waals surface area contributed by atoms with Gasteiger partial charge in [-0.25, -0.2) is 13.6 Å². The normalized spacial score (nSPS) is 14.0. The molecule has 0 saturated carbocycles. The van der Waals surface area contributed by atoms with Crippen LogP contribution in [-0.2, 0) is 10.0 Å². The van der Waals surface area contributed by atoms with Crippen LogP contribution in [0.25, 0.3) is 0 Å². The number of halogens is 2. The largest absolute Gasteiger partial charge is 0.239 e. The molecule has 6 heteroatoms. The van der Waals surface area contributed by atoms with E-state index < -0.39 is 10.0 Å². The highest BCUT2D eigenvalue weighted by molar-refractivity contribution is 9.09. The van der Waals surface area contributed by atoms with E-state index in [2.05, 4.69) is 15.9 Å². The van der Waals surface area contributed by atoms with Crippen molar-refractivity contribution in [3.05, 3.63) is 28.8 Å². The first-order valence-electron chi connectivity index (χ1n) is 3.78. The van der Waals surface area contributed by atoms with Gasteiger partial charge in [-0.3, -0.25) is 0 Å². The highest BCUT2D eigenvalue weighted by atomic mass is 79.9. The topological polar surface area (TPSA) is 60.2 Å². The molecule has 0 bridgehead atoms. The van der Waals surface area contributed by atoms with Crippen molar-refractivity contribution in [1.82, 2.24) is 0 Å². The van der Waals surface area contributed by atoms with E-state index in [1.54, 1.807) is 6.07 Å². The Bertz CT molecular complexity index is 445. The van der Waals surface area contributed by atoms with E-state index in [4.69, 9.17) is 16.7 Å². The molecule has 0 aliphatic heterocycles. The van der Waals surface area contributed by atoms with Crippen LogP contribution in [0.3, 0.4) is 0 Å². The van der Waals surface area contributed by atoms with Gasteiger partial charge in [-0.15, -0.1) is 0 Å². The minimum atomic E-state index is -3.74. The van der Waals surface area contributed by atoms with Crippen LogP contribution in [0.1, 0.15) is 17.3 Å². The fraction of sp³-hybridized carbons (Fsp3) is 0.250. The SMILES string of the molecule is CC(Br)c1ccc(Cl)c(S(N)(=O)=O)c1. The molecule has 0 saturated heterocycles. The second-order valence-corrected chi connectivity index (χ2v) is 6.16. The van der Waals surface area contributed by atoms with Crippen molar-refractivity contribution in [2.24, 2.45) is 5.14 Å². The smallest absolute Gasteiger partial charge is 0.225 e. The molecule has 3 nitrogen and oxygen atoms in total. The van der Waals surface area contributed by atoms with Crippen molar-refractivity contribution >= 4 is 37.6 Å². The van der Waals surface area contributed by atoms with Gasteiger partial charge in [0.2, 0.25) is 10.0 Å². The molecule has 0 aliphatic carbocycles. The van der Waals surface area contributed by atoms with Crippen molar-refractivity contribution in [3.63, 3.8) is 0 Å². The average molecular weight is 299 g/mol. The van der Waals surface area contributed by atoms with Gasteiger partial charge in [0, 0.05) is 4.83 Å². The first-order valence-corrected chi connectivity index (χ1v) is 6.62. The van der Waals surface area contributed by atoms with Crippen molar-refractivity contribution in [2.45, 2.75) is 16.6 Å². The number of sulfonamides is 1. The lowest BCUT2D eigenvalue weighted by Gasteiger charge is -2.07. The van der Waals surface area contributed by atoms with Gasteiger partial charge in [-0.1, -0.05) is 33.6 Å². The minimum Gasteiger partial charge on any atom is -0.225 e. The highest BCUT2D eigenvalue weighted by Crippen LogP contribution is 2.28. The molecule has 1 atom stereocenters. The molecule has 0 fully saturated rings. The monoisotopic (exact) mass is 297 g/mol. The number of nitrogens with two attached hydrogens (primary N) is 1. The third-order valence-corrected chi connectivity index (χ3v) is 3.64. The maximum Gasteiger partial charge on any atom is 0.239 e. The molecule has 2 N–H and O–H groups in total. The van der Waals surface area contributed by atoms with Crippen LogP contribution < -0.4 is 5.14 Å². The zero-order chi connectivity index (χ0) is 10.9. The molecule has 14 heavy (non-hydrogen) atoms. The zero-order valence-corrected chi connectivity index (χ0v) is 10.5. The lowest BCUT2D eigenvalue weighted by molar-refractivity contribution is 0.597. The first-order chi connectivity index (χ1) is 6.32. The molecular weight excluding hydrogens is 290 g/mol. The summed E-state index contributed by atoms with van der Waals surface area (Å²) >= 11 is 9.04. The second kappa shape index (κ2) is 4.18. The lowest BCUT2D eigenvalue weighted by atomic mass is 10.2. The summed E-state index contributed by atoms with van der Waals surface area (Å²) in [5, 5.41) is 5.14. The Morgan fingerprint density at radius 1 is 1.50 bits per heavy atom. The summed E-state index contributed by atoms with van der Waals surface area (Å²) in [4.78, 5) is 0.0169. The summed E-state index contributed by atoms with van der Waals surface area (Å²) in [5.74, 6) is 0. The Labute approximate surface area is 96.4 Å². The third-order valence-electron chi connectivity index (χ3n) is 1.72. The van der Waals surface area contributed by atoms with Crippen LogP contribution in [-0.4, -0.2) is 8.42 Å². The predicted molar refractivity (Wildman–Crippen MR) is 60.2 cm³/mol. The maximum absolute atomic E-state index is 11.1. The summed E-state index contributed by atoms with van der Waals surface area (Å²) < 4.78 is 22.2. The Morgan fingerprint density at radius 3 is 2.50 bits per heavy atom. The molecule has 0 aliphatic rings. The summed E-state index contributed by atoms with van der Waals surface area (Å²) in [6.45, 7) is 1.89. The Hall–Kier alpha value is -0.100. The molecule has 1 aromatic rings. The van der Waals surface area contributed by atoms with Crippen LogP contribution in [0, 0.1) is 0 Å². The number of rotatable bonds is 2. The molecule has 0 aromatic heterocycles. The zero-order valence-electron chi connectivity index (χ0n) is 7.37. The van der Waals surface area contributed by atoms with Gasteiger partial charge in [0.25, 0.3) is 0 Å². The van der Waals surface area contributed by atoms with Gasteiger partial charge in [0.05, 0.1) is 5.02 Å². The van der Waals surface area contributed by atoms with Gasteiger partial charge >= 0.3 is 0 Å². The third kappa shape index (κ3) is 2.70. The van der Waals surface area contributed by atoms with Crippen LogP contribution in [0.2, 0.25) is 5.02 Å².